The van der Waals surface area contributed by atoms with Crippen molar-refractivity contribution >= 4 is 21.6 Å². The Hall–Kier alpha value is -1.20. The second-order valence-electron chi connectivity index (χ2n) is 8.06. The lowest BCUT2D eigenvalue weighted by molar-refractivity contribution is -0.938. The Morgan fingerprint density at radius 1 is 1.29 bits per heavy atom. The molecule has 0 bridgehead atoms. The largest absolute Gasteiger partial charge is 0.326 e. The lowest BCUT2D eigenvalue weighted by atomic mass is 9.89. The number of nitrogens with zero attached hydrogens (tertiary/aromatic N) is 1. The number of thiophene rings is 1. The van der Waals surface area contributed by atoms with E-state index in [-0.39, 0.29) is 11.6 Å². The number of hydrogen-bond acceptors (Lipinski definition) is 3. The number of likely N-dealkylation sites (tertiary alicyclic amines) is 1. The van der Waals surface area contributed by atoms with Crippen LogP contribution in [0.1, 0.15) is 62.3 Å². The van der Waals surface area contributed by atoms with E-state index < -0.39 is 0 Å². The SMILES string of the molecule is C[C@@H]1CCc2c(sc3nc([C@@H](C)[NH+]4CCC[C@H](C)C4)[nH]c(=O)c23)C1. The number of aryl methyl sites for hydroxylation is 1. The fourth-order valence-electron chi connectivity index (χ4n) is 4.49. The first-order valence-electron chi connectivity index (χ1n) is 9.42. The van der Waals surface area contributed by atoms with Crippen LogP contribution in [0.5, 0.6) is 0 Å². The predicted octanol–water partition coefficient (Wildman–Crippen LogP) is 2.49. The first kappa shape index (κ1) is 16.3. The van der Waals surface area contributed by atoms with Crippen molar-refractivity contribution in [1.82, 2.24) is 9.97 Å². The van der Waals surface area contributed by atoms with Gasteiger partial charge in [0.15, 0.2) is 5.82 Å². The van der Waals surface area contributed by atoms with Gasteiger partial charge in [0.2, 0.25) is 0 Å². The standard InChI is InChI=1S/C19H27N3OS/c1-11-6-7-14-15(9-11)24-19-16(14)18(23)20-17(21-19)13(3)22-8-4-5-12(2)10-22/h11-13H,4-10H2,1-3H3,(H,20,21,23)/p+1/t11-,12+,13-/m1/s1. The van der Waals surface area contributed by atoms with Crippen LogP contribution < -0.4 is 10.5 Å². The zero-order chi connectivity index (χ0) is 16.8. The fourth-order valence-corrected chi connectivity index (χ4v) is 5.88. The molecule has 3 heterocycles. The number of H-pyrrole nitrogens is 1. The molecule has 2 aromatic heterocycles. The Balaban J connectivity index is 1.71. The Bertz CT molecular complexity index is 809. The number of aromatic amines is 1. The highest BCUT2D eigenvalue weighted by atomic mass is 32.1. The molecule has 0 radical (unpaired) electrons. The van der Waals surface area contributed by atoms with E-state index in [9.17, 15) is 4.79 Å². The topological polar surface area (TPSA) is 50.2 Å². The second kappa shape index (κ2) is 6.26. The smallest absolute Gasteiger partial charge is 0.260 e. The summed E-state index contributed by atoms with van der Waals surface area (Å²) >= 11 is 1.76. The molecular formula is C19H28N3OS+. The molecule has 4 rings (SSSR count). The minimum atomic E-state index is 0.0818. The Morgan fingerprint density at radius 3 is 2.92 bits per heavy atom. The van der Waals surface area contributed by atoms with Gasteiger partial charge in [-0.1, -0.05) is 13.8 Å². The summed E-state index contributed by atoms with van der Waals surface area (Å²) < 4.78 is 0. The molecule has 2 aromatic rings. The van der Waals surface area contributed by atoms with Crippen molar-refractivity contribution in [3.63, 3.8) is 0 Å². The summed E-state index contributed by atoms with van der Waals surface area (Å²) in [6.45, 7) is 9.22. The molecule has 4 nitrogen and oxygen atoms in total. The van der Waals surface area contributed by atoms with E-state index in [0.717, 1.165) is 40.7 Å². The summed E-state index contributed by atoms with van der Waals surface area (Å²) in [6, 6.07) is 0.267. The van der Waals surface area contributed by atoms with Crippen LogP contribution in [0, 0.1) is 11.8 Å². The lowest BCUT2D eigenvalue weighted by Crippen LogP contribution is -3.13. The minimum Gasteiger partial charge on any atom is -0.326 e. The normalized spacial score (nSPS) is 28.7. The third kappa shape index (κ3) is 2.82. The molecule has 1 fully saturated rings. The van der Waals surface area contributed by atoms with Gasteiger partial charge in [-0.05, 0) is 50.5 Å². The van der Waals surface area contributed by atoms with Crippen LogP contribution >= 0.6 is 11.3 Å². The quantitative estimate of drug-likeness (QED) is 0.878. The summed E-state index contributed by atoms with van der Waals surface area (Å²) in [5.41, 5.74) is 1.36. The highest BCUT2D eigenvalue weighted by molar-refractivity contribution is 7.18. The van der Waals surface area contributed by atoms with Crippen LogP contribution in [0.4, 0.5) is 0 Å². The summed E-state index contributed by atoms with van der Waals surface area (Å²) in [5.74, 6) is 2.37. The number of quaternary nitrogens is 1. The molecule has 4 atom stereocenters. The van der Waals surface area contributed by atoms with E-state index in [1.165, 1.54) is 42.8 Å². The molecule has 1 saturated heterocycles. The van der Waals surface area contributed by atoms with Crippen molar-refractivity contribution < 1.29 is 4.90 Å². The number of fused-ring (bicyclic) bond motifs is 3. The molecule has 1 aliphatic heterocycles. The van der Waals surface area contributed by atoms with E-state index in [0.29, 0.717) is 0 Å². The zero-order valence-electron chi connectivity index (χ0n) is 14.9. The molecule has 0 aromatic carbocycles. The first-order chi connectivity index (χ1) is 11.5. The van der Waals surface area contributed by atoms with Gasteiger partial charge in [-0.25, -0.2) is 4.98 Å². The number of rotatable bonds is 2. The van der Waals surface area contributed by atoms with Crippen LogP contribution in [0.2, 0.25) is 0 Å². The van der Waals surface area contributed by atoms with Crippen LogP contribution in [0.15, 0.2) is 4.79 Å². The number of nitrogens with one attached hydrogen (secondary N) is 2. The third-order valence-corrected chi connectivity index (χ3v) is 7.16. The Labute approximate surface area is 147 Å². The van der Waals surface area contributed by atoms with E-state index in [2.05, 4.69) is 25.8 Å². The van der Waals surface area contributed by atoms with Crippen molar-refractivity contribution in [2.75, 3.05) is 13.1 Å². The van der Waals surface area contributed by atoms with Crippen LogP contribution in [-0.2, 0) is 12.8 Å². The summed E-state index contributed by atoms with van der Waals surface area (Å²) in [7, 11) is 0. The lowest BCUT2D eigenvalue weighted by Gasteiger charge is -2.31. The van der Waals surface area contributed by atoms with E-state index in [4.69, 9.17) is 4.98 Å². The monoisotopic (exact) mass is 346 g/mol. The molecule has 0 amide bonds. The number of hydrogen-bond donors (Lipinski definition) is 2. The van der Waals surface area contributed by atoms with E-state index in [1.807, 2.05) is 0 Å². The molecule has 0 saturated carbocycles. The van der Waals surface area contributed by atoms with Crippen LogP contribution in [0.3, 0.4) is 0 Å². The summed E-state index contributed by atoms with van der Waals surface area (Å²) in [4.78, 5) is 24.7. The highest BCUT2D eigenvalue weighted by Crippen LogP contribution is 2.35. The average molecular weight is 347 g/mol. The zero-order valence-corrected chi connectivity index (χ0v) is 15.8. The summed E-state index contributed by atoms with van der Waals surface area (Å²) in [6.07, 6.45) is 5.93. The molecule has 1 aliphatic carbocycles. The van der Waals surface area contributed by atoms with E-state index >= 15 is 0 Å². The van der Waals surface area contributed by atoms with Gasteiger partial charge in [0, 0.05) is 10.8 Å². The van der Waals surface area contributed by atoms with Gasteiger partial charge in [-0.15, -0.1) is 11.3 Å². The highest BCUT2D eigenvalue weighted by Gasteiger charge is 2.29. The maximum Gasteiger partial charge on any atom is 0.260 e. The predicted molar refractivity (Wildman–Crippen MR) is 98.9 cm³/mol. The number of aromatic nitrogens is 2. The first-order valence-corrected chi connectivity index (χ1v) is 10.2. The van der Waals surface area contributed by atoms with Crippen molar-refractivity contribution in [2.24, 2.45) is 11.8 Å². The maximum atomic E-state index is 12.8. The minimum absolute atomic E-state index is 0.0818. The van der Waals surface area contributed by atoms with Gasteiger partial charge in [0.25, 0.3) is 5.56 Å². The molecule has 2 N–H and O–H groups in total. The molecular weight excluding hydrogens is 318 g/mol. The second-order valence-corrected chi connectivity index (χ2v) is 9.15. The molecule has 0 spiro atoms. The van der Waals surface area contributed by atoms with Crippen molar-refractivity contribution in [3.05, 3.63) is 26.6 Å². The van der Waals surface area contributed by atoms with Crippen molar-refractivity contribution in [3.8, 4) is 0 Å². The molecule has 5 heteroatoms. The third-order valence-electron chi connectivity index (χ3n) is 6.01. The molecule has 2 aliphatic rings. The van der Waals surface area contributed by atoms with Gasteiger partial charge in [-0.2, -0.15) is 0 Å². The Kier molecular flexibility index (Phi) is 4.25. The summed E-state index contributed by atoms with van der Waals surface area (Å²) in [5, 5.41) is 0.875. The Morgan fingerprint density at radius 2 is 2.12 bits per heavy atom. The average Bonchev–Trinajstić information content (AvgIpc) is 2.91. The van der Waals surface area contributed by atoms with E-state index in [1.54, 1.807) is 16.2 Å². The van der Waals surface area contributed by atoms with Crippen LogP contribution in [-0.4, -0.2) is 23.1 Å². The van der Waals surface area contributed by atoms with Gasteiger partial charge in [-0.3, -0.25) is 4.79 Å². The molecule has 1 unspecified atom stereocenters. The van der Waals surface area contributed by atoms with Gasteiger partial charge < -0.3 is 9.88 Å². The number of piperidine rings is 1. The molecule has 24 heavy (non-hydrogen) atoms. The fraction of sp³-hybridized carbons (Fsp3) is 0.684. The van der Waals surface area contributed by atoms with Crippen LogP contribution in [0.25, 0.3) is 10.2 Å². The van der Waals surface area contributed by atoms with Gasteiger partial charge >= 0.3 is 0 Å². The van der Waals surface area contributed by atoms with Gasteiger partial charge in [0.05, 0.1) is 18.5 Å². The van der Waals surface area contributed by atoms with Crippen molar-refractivity contribution in [2.45, 2.75) is 58.9 Å². The van der Waals surface area contributed by atoms with Crippen molar-refractivity contribution in [1.29, 1.82) is 0 Å². The maximum absolute atomic E-state index is 12.8. The molecule has 130 valence electrons. The van der Waals surface area contributed by atoms with Gasteiger partial charge in [0.1, 0.15) is 10.9 Å².